The lowest BCUT2D eigenvalue weighted by molar-refractivity contribution is -0.133. The van der Waals surface area contributed by atoms with Crippen LogP contribution in [0.5, 0.6) is 5.75 Å². The van der Waals surface area contributed by atoms with Crippen LogP contribution in [0.2, 0.25) is 0 Å². The van der Waals surface area contributed by atoms with Crippen LogP contribution >= 0.6 is 11.8 Å². The fraction of sp³-hybridized carbons (Fsp3) is 0.167. The van der Waals surface area contributed by atoms with Crippen LogP contribution in [0.4, 0.5) is 0 Å². The van der Waals surface area contributed by atoms with E-state index in [-0.39, 0.29) is 16.6 Å². The van der Waals surface area contributed by atoms with E-state index in [2.05, 4.69) is 15.2 Å². The van der Waals surface area contributed by atoms with Gasteiger partial charge in [-0.05, 0) is 24.3 Å². The van der Waals surface area contributed by atoms with Crippen molar-refractivity contribution in [2.24, 2.45) is 0 Å². The van der Waals surface area contributed by atoms with E-state index in [0.29, 0.717) is 11.3 Å². The Morgan fingerprint density at radius 1 is 1.35 bits per heavy atom. The second kappa shape index (κ2) is 6.20. The Hall–Kier alpha value is -2.35. The van der Waals surface area contributed by atoms with Gasteiger partial charge in [-0.2, -0.15) is 0 Å². The van der Waals surface area contributed by atoms with Crippen molar-refractivity contribution >= 4 is 17.7 Å². The standard InChI is InChI=1S/C12H11N3O4S/c1-19-8-4-2-7(3-5-8)10-11(18)13-12(15-14-10)20-6-9(16)17/h2-5H,6H2,1H3,(H,16,17)(H,13,15,18). The van der Waals surface area contributed by atoms with Gasteiger partial charge in [0.2, 0.25) is 0 Å². The molecule has 0 bridgehead atoms. The van der Waals surface area contributed by atoms with E-state index in [1.165, 1.54) is 0 Å². The largest absolute Gasteiger partial charge is 0.497 e. The second-order valence-electron chi connectivity index (χ2n) is 3.72. The highest BCUT2D eigenvalue weighted by molar-refractivity contribution is 7.99. The number of hydrogen-bond donors (Lipinski definition) is 2. The molecule has 2 aromatic rings. The molecule has 2 N–H and O–H groups in total. The fourth-order valence-electron chi connectivity index (χ4n) is 1.45. The molecule has 0 saturated carbocycles. The van der Waals surface area contributed by atoms with E-state index in [4.69, 9.17) is 9.84 Å². The summed E-state index contributed by atoms with van der Waals surface area (Å²) in [4.78, 5) is 24.8. The number of hydrogen-bond acceptors (Lipinski definition) is 6. The molecule has 0 aliphatic rings. The lowest BCUT2D eigenvalue weighted by atomic mass is 10.1. The first-order valence-corrected chi connectivity index (χ1v) is 6.54. The summed E-state index contributed by atoms with van der Waals surface area (Å²) in [5.74, 6) is -0.504. The molecule has 7 nitrogen and oxygen atoms in total. The van der Waals surface area contributed by atoms with Crippen molar-refractivity contribution in [1.82, 2.24) is 15.2 Å². The topological polar surface area (TPSA) is 105 Å². The highest BCUT2D eigenvalue weighted by atomic mass is 32.2. The molecule has 1 aromatic heterocycles. The van der Waals surface area contributed by atoms with Crippen LogP contribution in [-0.2, 0) is 4.79 Å². The van der Waals surface area contributed by atoms with Crippen LogP contribution in [0.3, 0.4) is 0 Å². The number of aromatic nitrogens is 3. The van der Waals surface area contributed by atoms with Crippen molar-refractivity contribution in [3.8, 4) is 17.0 Å². The third-order valence-electron chi connectivity index (χ3n) is 2.37. The van der Waals surface area contributed by atoms with Crippen molar-refractivity contribution in [3.63, 3.8) is 0 Å². The Labute approximate surface area is 118 Å². The molecule has 104 valence electrons. The number of rotatable bonds is 5. The molecule has 0 saturated heterocycles. The molecule has 0 spiro atoms. The number of aliphatic carboxylic acids is 1. The van der Waals surface area contributed by atoms with Gasteiger partial charge in [0, 0.05) is 5.56 Å². The first-order valence-electron chi connectivity index (χ1n) is 5.56. The SMILES string of the molecule is COc1ccc(-c2nnc(SCC(=O)O)[nH]c2=O)cc1. The second-order valence-corrected chi connectivity index (χ2v) is 4.68. The minimum Gasteiger partial charge on any atom is -0.497 e. The molecular weight excluding hydrogens is 282 g/mol. The van der Waals surface area contributed by atoms with Gasteiger partial charge in [-0.25, -0.2) is 0 Å². The van der Waals surface area contributed by atoms with Gasteiger partial charge in [0.25, 0.3) is 5.56 Å². The van der Waals surface area contributed by atoms with Crippen molar-refractivity contribution in [1.29, 1.82) is 0 Å². The quantitative estimate of drug-likeness (QED) is 0.793. The van der Waals surface area contributed by atoms with Crippen LogP contribution in [-0.4, -0.2) is 39.1 Å². The van der Waals surface area contributed by atoms with Crippen molar-refractivity contribution in [2.45, 2.75) is 5.16 Å². The number of carbonyl (C=O) groups is 1. The summed E-state index contributed by atoms with van der Waals surface area (Å²) in [6.07, 6.45) is 0. The summed E-state index contributed by atoms with van der Waals surface area (Å²) in [6, 6.07) is 6.82. The monoisotopic (exact) mass is 293 g/mol. The molecular formula is C12H11N3O4S. The number of nitrogens with one attached hydrogen (secondary N) is 1. The normalized spacial score (nSPS) is 10.2. The number of carboxylic acid groups (broad SMARTS) is 1. The Bertz CT molecular complexity index is 669. The summed E-state index contributed by atoms with van der Waals surface area (Å²) in [5.41, 5.74) is 0.361. The highest BCUT2D eigenvalue weighted by Gasteiger charge is 2.09. The van der Waals surface area contributed by atoms with E-state index >= 15 is 0 Å². The maximum absolute atomic E-state index is 11.9. The average molecular weight is 293 g/mol. The molecule has 20 heavy (non-hydrogen) atoms. The summed E-state index contributed by atoms with van der Waals surface area (Å²) in [7, 11) is 1.55. The van der Waals surface area contributed by atoms with Gasteiger partial charge in [0.05, 0.1) is 12.9 Å². The Morgan fingerprint density at radius 2 is 2.05 bits per heavy atom. The number of H-pyrrole nitrogens is 1. The number of benzene rings is 1. The predicted octanol–water partition coefficient (Wildman–Crippen LogP) is 1.02. The van der Waals surface area contributed by atoms with Gasteiger partial charge in [-0.1, -0.05) is 11.8 Å². The van der Waals surface area contributed by atoms with E-state index < -0.39 is 11.5 Å². The van der Waals surface area contributed by atoms with Crippen LogP contribution in [0.25, 0.3) is 11.3 Å². The molecule has 0 radical (unpaired) electrons. The predicted molar refractivity (Wildman–Crippen MR) is 73.0 cm³/mol. The smallest absolute Gasteiger partial charge is 0.313 e. The van der Waals surface area contributed by atoms with E-state index in [1.807, 2.05) is 0 Å². The van der Waals surface area contributed by atoms with Gasteiger partial charge >= 0.3 is 5.97 Å². The zero-order valence-corrected chi connectivity index (χ0v) is 11.3. The van der Waals surface area contributed by atoms with Gasteiger partial charge in [-0.3, -0.25) is 14.6 Å². The first kappa shape index (κ1) is 14.1. The number of thioether (sulfide) groups is 1. The molecule has 0 amide bonds. The zero-order chi connectivity index (χ0) is 14.5. The number of nitrogens with zero attached hydrogens (tertiary/aromatic N) is 2. The third-order valence-corrected chi connectivity index (χ3v) is 3.22. The van der Waals surface area contributed by atoms with Crippen LogP contribution in [0.1, 0.15) is 0 Å². The van der Waals surface area contributed by atoms with Gasteiger partial charge in [0.1, 0.15) is 5.75 Å². The van der Waals surface area contributed by atoms with Crippen molar-refractivity contribution in [2.75, 3.05) is 12.9 Å². The molecule has 0 atom stereocenters. The number of methoxy groups -OCH3 is 1. The maximum atomic E-state index is 11.9. The van der Waals surface area contributed by atoms with Gasteiger partial charge in [-0.15, -0.1) is 10.2 Å². The first-order chi connectivity index (χ1) is 9.60. The van der Waals surface area contributed by atoms with Gasteiger partial charge in [0.15, 0.2) is 10.9 Å². The lowest BCUT2D eigenvalue weighted by Gasteiger charge is -2.02. The molecule has 2 rings (SSSR count). The molecule has 1 aromatic carbocycles. The summed E-state index contributed by atoms with van der Waals surface area (Å²) in [6.45, 7) is 0. The molecule has 0 fully saturated rings. The number of aromatic amines is 1. The van der Waals surface area contributed by atoms with Crippen LogP contribution < -0.4 is 10.3 Å². The minimum absolute atomic E-state index is 0.173. The third kappa shape index (κ3) is 3.35. The molecule has 0 aliphatic carbocycles. The Balaban J connectivity index is 2.24. The molecule has 0 aliphatic heterocycles. The van der Waals surface area contributed by atoms with E-state index in [0.717, 1.165) is 11.8 Å². The summed E-state index contributed by atoms with van der Waals surface area (Å²) in [5, 5.41) is 16.4. The summed E-state index contributed by atoms with van der Waals surface area (Å²) >= 11 is 0.904. The number of ether oxygens (including phenoxy) is 1. The van der Waals surface area contributed by atoms with Crippen molar-refractivity contribution in [3.05, 3.63) is 34.6 Å². The van der Waals surface area contributed by atoms with Crippen molar-refractivity contribution < 1.29 is 14.6 Å². The van der Waals surface area contributed by atoms with E-state index in [1.54, 1.807) is 31.4 Å². The Kier molecular flexibility index (Phi) is 4.36. The molecule has 0 unspecified atom stereocenters. The maximum Gasteiger partial charge on any atom is 0.313 e. The zero-order valence-electron chi connectivity index (χ0n) is 10.5. The van der Waals surface area contributed by atoms with E-state index in [9.17, 15) is 9.59 Å². The lowest BCUT2D eigenvalue weighted by Crippen LogP contribution is -2.14. The molecule has 8 heteroatoms. The number of carboxylic acids is 1. The fourth-order valence-corrected chi connectivity index (χ4v) is 1.98. The van der Waals surface area contributed by atoms with Crippen LogP contribution in [0.15, 0.2) is 34.2 Å². The minimum atomic E-state index is -0.989. The summed E-state index contributed by atoms with van der Waals surface area (Å²) < 4.78 is 5.03. The van der Waals surface area contributed by atoms with Gasteiger partial charge < -0.3 is 9.84 Å². The average Bonchev–Trinajstić information content (AvgIpc) is 2.45. The molecule has 1 heterocycles. The van der Waals surface area contributed by atoms with Crippen LogP contribution in [0, 0.1) is 0 Å². The Morgan fingerprint density at radius 3 is 2.60 bits per heavy atom. The highest BCUT2D eigenvalue weighted by Crippen LogP contribution is 2.18.